The summed E-state index contributed by atoms with van der Waals surface area (Å²) >= 11 is 9.44. The SMILES string of the molecule is C.C.CCCCCCCCCCCCCC(=O)OCC[S-].CCCCCCCCCCCCCC(=O)OCC[S-].[Sn+2]. The molecule has 0 amide bonds. The second-order valence-corrected chi connectivity index (χ2v) is 11.2. The summed E-state index contributed by atoms with van der Waals surface area (Å²) in [5, 5.41) is 0. The molecule has 4 nitrogen and oxygen atoms in total. The van der Waals surface area contributed by atoms with Crippen molar-refractivity contribution in [3.8, 4) is 0 Å². The van der Waals surface area contributed by atoms with Crippen LogP contribution in [0, 0.1) is 0 Å². The van der Waals surface area contributed by atoms with Gasteiger partial charge in [-0.15, -0.1) is 11.5 Å². The number of carbonyl (C=O) groups excluding carboxylic acids is 2. The molecule has 0 aliphatic rings. The maximum absolute atomic E-state index is 11.2. The number of hydrogen-bond acceptors (Lipinski definition) is 6. The molecule has 0 rings (SSSR count). The number of carbonyl (C=O) groups is 2. The van der Waals surface area contributed by atoms with Crippen LogP contribution in [0.1, 0.15) is 183 Å². The van der Waals surface area contributed by atoms with Crippen molar-refractivity contribution >= 4 is 61.1 Å². The van der Waals surface area contributed by atoms with Crippen molar-refractivity contribution in [3.63, 3.8) is 0 Å². The summed E-state index contributed by atoms with van der Waals surface area (Å²) in [7, 11) is 0. The van der Waals surface area contributed by atoms with Crippen molar-refractivity contribution < 1.29 is 19.1 Å². The summed E-state index contributed by atoms with van der Waals surface area (Å²) in [4.78, 5) is 22.4. The standard InChI is InChI=1S/2C16H32O2S.2CH4.Sn/c2*1-2-3-4-5-6-7-8-9-10-11-12-13-16(17)18-14-15-19;;;/h2*19H,2-15H2,1H3;2*1H4;/q;;;;+2/p-2. The van der Waals surface area contributed by atoms with Gasteiger partial charge in [0.2, 0.25) is 0 Å². The smallest absolute Gasteiger partial charge is 0.789 e. The summed E-state index contributed by atoms with van der Waals surface area (Å²) in [5.74, 6) is 0.843. The first-order valence-corrected chi connectivity index (χ1v) is 17.2. The van der Waals surface area contributed by atoms with E-state index in [-0.39, 0.29) is 50.7 Å². The van der Waals surface area contributed by atoms with Crippen molar-refractivity contribution in [2.75, 3.05) is 24.7 Å². The van der Waals surface area contributed by atoms with E-state index < -0.39 is 0 Å². The zero-order chi connectivity index (χ0) is 28.4. The van der Waals surface area contributed by atoms with E-state index in [1.165, 1.54) is 116 Å². The molecule has 0 aromatic heterocycles. The van der Waals surface area contributed by atoms with E-state index in [4.69, 9.17) is 34.7 Å². The number of unbranched alkanes of at least 4 members (excludes halogenated alkanes) is 20. The number of ether oxygens (including phenoxy) is 2. The van der Waals surface area contributed by atoms with Crippen LogP contribution in [-0.4, -0.2) is 60.6 Å². The first-order valence-electron chi connectivity index (χ1n) is 16.1. The Morgan fingerprint density at radius 3 is 0.878 bits per heavy atom. The predicted molar refractivity (Wildman–Crippen MR) is 188 cm³/mol. The molecule has 0 heterocycles. The molecule has 0 spiro atoms. The number of esters is 2. The second kappa shape index (κ2) is 47.4. The van der Waals surface area contributed by atoms with Gasteiger partial charge in [-0.3, -0.25) is 9.59 Å². The third-order valence-electron chi connectivity index (χ3n) is 6.66. The van der Waals surface area contributed by atoms with Gasteiger partial charge in [-0.25, -0.2) is 0 Å². The summed E-state index contributed by atoms with van der Waals surface area (Å²) in [6, 6.07) is 0. The summed E-state index contributed by atoms with van der Waals surface area (Å²) in [6.07, 6.45) is 29.8. The summed E-state index contributed by atoms with van der Waals surface area (Å²) < 4.78 is 9.88. The Hall–Kier alpha value is 0.439. The van der Waals surface area contributed by atoms with Crippen molar-refractivity contribution in [2.24, 2.45) is 0 Å². The molecule has 2 radical (unpaired) electrons. The summed E-state index contributed by atoms with van der Waals surface area (Å²) in [6.45, 7) is 5.30. The maximum atomic E-state index is 11.2. The molecule has 0 aliphatic heterocycles. The third-order valence-corrected chi connectivity index (χ3v) is 7.00. The minimum Gasteiger partial charge on any atom is -0.789 e. The molecule has 0 unspecified atom stereocenters. The Morgan fingerprint density at radius 2 is 0.659 bits per heavy atom. The van der Waals surface area contributed by atoms with E-state index in [0.717, 1.165) is 25.7 Å². The van der Waals surface area contributed by atoms with Crippen LogP contribution in [0.4, 0.5) is 0 Å². The Bertz CT molecular complexity index is 440. The van der Waals surface area contributed by atoms with E-state index in [0.29, 0.717) is 37.6 Å². The van der Waals surface area contributed by atoms with Gasteiger partial charge in [-0.1, -0.05) is 157 Å². The van der Waals surface area contributed by atoms with E-state index in [1.807, 2.05) is 0 Å². The Labute approximate surface area is 286 Å². The van der Waals surface area contributed by atoms with Crippen LogP contribution in [0.2, 0.25) is 0 Å². The largest absolute Gasteiger partial charge is 2.00 e. The maximum Gasteiger partial charge on any atom is 2.00 e. The monoisotopic (exact) mass is 726 g/mol. The molecule has 0 aliphatic carbocycles. The van der Waals surface area contributed by atoms with Crippen LogP contribution in [-0.2, 0) is 44.3 Å². The van der Waals surface area contributed by atoms with E-state index in [9.17, 15) is 9.59 Å². The Kier molecular flexibility index (Phi) is 59.0. The van der Waals surface area contributed by atoms with Crippen molar-refractivity contribution in [1.82, 2.24) is 0 Å². The van der Waals surface area contributed by atoms with Crippen LogP contribution in [0.3, 0.4) is 0 Å². The van der Waals surface area contributed by atoms with Crippen molar-refractivity contribution in [1.29, 1.82) is 0 Å². The van der Waals surface area contributed by atoms with Crippen molar-refractivity contribution in [3.05, 3.63) is 0 Å². The Balaban J connectivity index is -0.000000196. The van der Waals surface area contributed by atoms with E-state index >= 15 is 0 Å². The fourth-order valence-corrected chi connectivity index (χ4v) is 4.49. The molecule has 0 saturated carbocycles. The van der Waals surface area contributed by atoms with Gasteiger partial charge in [-0.05, 0) is 12.8 Å². The summed E-state index contributed by atoms with van der Waals surface area (Å²) in [5.41, 5.74) is 0. The fourth-order valence-electron chi connectivity index (χ4n) is 4.32. The quantitative estimate of drug-likeness (QED) is 0.0347. The molecule has 0 fully saturated rings. The second-order valence-electron chi connectivity index (χ2n) is 10.4. The van der Waals surface area contributed by atoms with Crippen molar-refractivity contribution in [2.45, 2.75) is 183 Å². The van der Waals surface area contributed by atoms with Crippen LogP contribution in [0.15, 0.2) is 0 Å². The van der Waals surface area contributed by atoms with E-state index in [2.05, 4.69) is 13.8 Å². The third kappa shape index (κ3) is 50.4. The van der Waals surface area contributed by atoms with Crippen LogP contribution in [0.5, 0.6) is 0 Å². The van der Waals surface area contributed by atoms with Gasteiger partial charge in [0, 0.05) is 12.8 Å². The molecule has 246 valence electrons. The fraction of sp³-hybridized carbons (Fsp3) is 0.941. The van der Waals surface area contributed by atoms with Gasteiger partial charge in [0.1, 0.15) is 0 Å². The zero-order valence-corrected chi connectivity index (χ0v) is 30.2. The molecule has 0 bridgehead atoms. The van der Waals surface area contributed by atoms with Gasteiger partial charge >= 0.3 is 35.8 Å². The Morgan fingerprint density at radius 1 is 0.439 bits per heavy atom. The number of hydrogen-bond donors (Lipinski definition) is 0. The normalized spacial score (nSPS) is 9.85. The minimum absolute atomic E-state index is 0. The first kappa shape index (κ1) is 51.0. The predicted octanol–water partition coefficient (Wildman–Crippen LogP) is 10.4. The van der Waals surface area contributed by atoms with E-state index in [1.54, 1.807) is 0 Å². The molecule has 0 saturated heterocycles. The van der Waals surface area contributed by atoms with Gasteiger partial charge < -0.3 is 34.7 Å². The molecule has 0 atom stereocenters. The van der Waals surface area contributed by atoms with Gasteiger partial charge in [0.25, 0.3) is 0 Å². The van der Waals surface area contributed by atoms with Crippen LogP contribution < -0.4 is 0 Å². The molecule has 41 heavy (non-hydrogen) atoms. The molecule has 0 N–H and O–H groups in total. The molecule has 0 aromatic carbocycles. The first-order chi connectivity index (χ1) is 18.6. The van der Waals surface area contributed by atoms with Crippen LogP contribution in [0.25, 0.3) is 0 Å². The average Bonchev–Trinajstić information content (AvgIpc) is 2.92. The molecular weight excluding hydrogens is 655 g/mol. The zero-order valence-electron chi connectivity index (χ0n) is 25.7. The van der Waals surface area contributed by atoms with Gasteiger partial charge in [0.15, 0.2) is 0 Å². The van der Waals surface area contributed by atoms with Crippen LogP contribution >= 0.6 is 0 Å². The average molecular weight is 726 g/mol. The van der Waals surface area contributed by atoms with Gasteiger partial charge in [-0.2, -0.15) is 0 Å². The number of rotatable bonds is 28. The minimum atomic E-state index is -0.0826. The molecule has 7 heteroatoms. The van der Waals surface area contributed by atoms with Gasteiger partial charge in [0.05, 0.1) is 13.2 Å². The topological polar surface area (TPSA) is 52.6 Å². The molecular formula is C34H70O4S2Sn. The molecule has 0 aromatic rings.